The summed E-state index contributed by atoms with van der Waals surface area (Å²) in [5, 5.41) is 20.5. The molecular formula is C12H12BaCdO2. The summed E-state index contributed by atoms with van der Waals surface area (Å²) in [4.78, 5) is 0. The van der Waals surface area contributed by atoms with Gasteiger partial charge < -0.3 is 13.1 Å². The second-order valence-electron chi connectivity index (χ2n) is 2.63. The molecule has 0 aromatic heterocycles. The maximum Gasteiger partial charge on any atom is 2.00 e. The number of benzene rings is 2. The molecule has 0 saturated heterocycles. The third kappa shape index (κ3) is 9.74. The molecule has 0 radical (unpaired) electrons. The van der Waals surface area contributed by atoms with Crippen molar-refractivity contribution in [1.82, 2.24) is 0 Å². The maximum absolute atomic E-state index is 10.3. The number of para-hydroxylation sites is 2. The molecule has 0 saturated carbocycles. The van der Waals surface area contributed by atoms with Crippen LogP contribution in [0.15, 0.2) is 60.7 Å². The van der Waals surface area contributed by atoms with Crippen molar-refractivity contribution in [2.75, 3.05) is 0 Å². The van der Waals surface area contributed by atoms with Gasteiger partial charge in [0, 0.05) is 0 Å². The van der Waals surface area contributed by atoms with Crippen molar-refractivity contribution in [3.05, 3.63) is 60.7 Å². The fraction of sp³-hybridized carbons (Fsp3) is 0. The molecule has 0 aliphatic heterocycles. The van der Waals surface area contributed by atoms with Crippen LogP contribution in [0.3, 0.4) is 0 Å². The van der Waals surface area contributed by atoms with Crippen molar-refractivity contribution >= 4 is 48.9 Å². The zero-order valence-electron chi connectivity index (χ0n) is 11.0. The minimum Gasteiger partial charge on any atom is -1.00 e. The number of rotatable bonds is 0. The monoisotopic (exact) mass is 440 g/mol. The Morgan fingerprint density at radius 1 is 0.625 bits per heavy atom. The molecule has 2 aromatic carbocycles. The van der Waals surface area contributed by atoms with Gasteiger partial charge in [-0.25, -0.2) is 0 Å². The summed E-state index contributed by atoms with van der Waals surface area (Å²) in [5.74, 6) is 0.144. The Morgan fingerprint density at radius 3 is 1.00 bits per heavy atom. The van der Waals surface area contributed by atoms with Gasteiger partial charge >= 0.3 is 76.2 Å². The molecule has 16 heavy (non-hydrogen) atoms. The van der Waals surface area contributed by atoms with E-state index in [0.29, 0.717) is 0 Å². The van der Waals surface area contributed by atoms with Crippen LogP contribution in [0.4, 0.5) is 0 Å². The Balaban J connectivity index is -0.0000000891. The summed E-state index contributed by atoms with van der Waals surface area (Å²) >= 11 is 0. The van der Waals surface area contributed by atoms with Crippen LogP contribution >= 0.6 is 0 Å². The van der Waals surface area contributed by atoms with E-state index >= 15 is 0 Å². The smallest absolute Gasteiger partial charge is 1.00 e. The topological polar surface area (TPSA) is 46.1 Å². The van der Waals surface area contributed by atoms with E-state index in [4.69, 9.17) is 0 Å². The molecule has 4 heteroatoms. The molecule has 2 nitrogen and oxygen atoms in total. The normalized spacial score (nSPS) is 7.50. The van der Waals surface area contributed by atoms with Crippen molar-refractivity contribution in [3.63, 3.8) is 0 Å². The van der Waals surface area contributed by atoms with E-state index in [1.54, 1.807) is 24.3 Å². The molecule has 76 valence electrons. The minimum absolute atomic E-state index is 0. The van der Waals surface area contributed by atoms with Crippen molar-refractivity contribution in [2.45, 2.75) is 0 Å². The maximum atomic E-state index is 10.3. The first-order chi connectivity index (χ1) is 6.79. The Labute approximate surface area is 159 Å². The van der Waals surface area contributed by atoms with E-state index in [1.165, 1.54) is 24.3 Å². The first kappa shape index (κ1) is 18.9. The van der Waals surface area contributed by atoms with Gasteiger partial charge in [-0.05, 0) is 0 Å². The first-order valence-corrected chi connectivity index (χ1v) is 4.23. The van der Waals surface area contributed by atoms with Crippen molar-refractivity contribution in [3.8, 4) is 11.5 Å². The van der Waals surface area contributed by atoms with Crippen molar-refractivity contribution in [1.29, 1.82) is 0 Å². The summed E-state index contributed by atoms with van der Waals surface area (Å²) in [6, 6.07) is 16.7. The van der Waals surface area contributed by atoms with Crippen molar-refractivity contribution < 1.29 is 40.4 Å². The summed E-state index contributed by atoms with van der Waals surface area (Å²) in [6.45, 7) is 0. The molecular weight excluding hydrogens is 426 g/mol. The first-order valence-electron chi connectivity index (χ1n) is 4.23. The van der Waals surface area contributed by atoms with Gasteiger partial charge in [-0.1, -0.05) is 60.7 Å². The summed E-state index contributed by atoms with van der Waals surface area (Å²) in [5.41, 5.74) is 0. The number of hydrogen-bond acceptors (Lipinski definition) is 2. The Hall–Kier alpha value is 0.534. The second-order valence-corrected chi connectivity index (χ2v) is 2.63. The predicted molar refractivity (Wildman–Crippen MR) is 59.8 cm³/mol. The second kappa shape index (κ2) is 12.0. The third-order valence-corrected chi connectivity index (χ3v) is 1.49. The van der Waals surface area contributed by atoms with Crippen LogP contribution in [0.2, 0.25) is 0 Å². The Bertz CT molecular complexity index is 325. The van der Waals surface area contributed by atoms with Crippen LogP contribution in [0, 0.1) is 0 Å². The fourth-order valence-corrected chi connectivity index (χ4v) is 0.841. The van der Waals surface area contributed by atoms with Crippen LogP contribution in [0.1, 0.15) is 2.85 Å². The third-order valence-electron chi connectivity index (χ3n) is 1.49. The molecule has 0 aliphatic carbocycles. The van der Waals surface area contributed by atoms with Gasteiger partial charge in [0.05, 0.1) is 0 Å². The van der Waals surface area contributed by atoms with Crippen LogP contribution in [0.25, 0.3) is 0 Å². The van der Waals surface area contributed by atoms with Gasteiger partial charge in [-0.15, -0.1) is 11.5 Å². The van der Waals surface area contributed by atoms with Crippen molar-refractivity contribution in [2.24, 2.45) is 0 Å². The molecule has 0 amide bonds. The summed E-state index contributed by atoms with van der Waals surface area (Å²) < 4.78 is 0. The molecule has 0 fully saturated rings. The molecule has 0 spiro atoms. The van der Waals surface area contributed by atoms with E-state index in [-0.39, 0.29) is 90.5 Å². The van der Waals surface area contributed by atoms with Gasteiger partial charge in [-0.2, -0.15) is 0 Å². The predicted octanol–water partition coefficient (Wildman–Crippen LogP) is 1.36. The van der Waals surface area contributed by atoms with Gasteiger partial charge in [0.1, 0.15) is 0 Å². The molecule has 0 atom stereocenters. The fourth-order valence-electron chi connectivity index (χ4n) is 0.841. The average molecular weight is 438 g/mol. The van der Waals surface area contributed by atoms with Crippen LogP contribution in [-0.2, 0) is 27.3 Å². The molecule has 2 aromatic rings. The van der Waals surface area contributed by atoms with E-state index in [1.807, 2.05) is 12.1 Å². The Kier molecular flexibility index (Phi) is 14.2. The van der Waals surface area contributed by atoms with E-state index in [2.05, 4.69) is 0 Å². The largest absolute Gasteiger partial charge is 2.00 e. The molecule has 0 aliphatic rings. The molecule has 0 N–H and O–H groups in total. The summed E-state index contributed by atoms with van der Waals surface area (Å²) in [7, 11) is 0. The zero-order valence-corrected chi connectivity index (χ0v) is 17.5. The molecule has 2 rings (SSSR count). The summed E-state index contributed by atoms with van der Waals surface area (Å²) in [6.07, 6.45) is 0. The van der Waals surface area contributed by atoms with Gasteiger partial charge in [0.25, 0.3) is 0 Å². The molecule has 0 unspecified atom stereocenters. The average Bonchev–Trinajstić information content (AvgIpc) is 2.21. The minimum atomic E-state index is 0. The van der Waals surface area contributed by atoms with Gasteiger partial charge in [-0.3, -0.25) is 0 Å². The molecule has 0 bridgehead atoms. The Morgan fingerprint density at radius 2 is 0.875 bits per heavy atom. The zero-order chi connectivity index (χ0) is 10.2. The van der Waals surface area contributed by atoms with Crippen LogP contribution < -0.4 is 10.2 Å². The SMILES string of the molecule is [Ba+2].[Cd+2].[H-].[H-].[O-]c1ccccc1.[O-]c1ccccc1. The quantitative estimate of drug-likeness (QED) is 0.584. The van der Waals surface area contributed by atoms with Crippen LogP contribution in [-0.4, -0.2) is 48.9 Å². The van der Waals surface area contributed by atoms with E-state index < -0.39 is 0 Å². The van der Waals surface area contributed by atoms with E-state index in [9.17, 15) is 10.2 Å². The van der Waals surface area contributed by atoms with Gasteiger partial charge in [0.2, 0.25) is 0 Å². The van der Waals surface area contributed by atoms with Crippen LogP contribution in [0.5, 0.6) is 11.5 Å². The standard InChI is InChI=1S/2C6H6O.Ba.Cd.2H/c2*7-6-4-2-1-3-5-6;;;;/h2*1-5,7H;;;;/q;;2*+2;2*-1/p-2. The number of hydrogen-bond donors (Lipinski definition) is 0. The van der Waals surface area contributed by atoms with E-state index in [0.717, 1.165) is 0 Å². The molecule has 0 heterocycles. The van der Waals surface area contributed by atoms with Gasteiger partial charge in [0.15, 0.2) is 0 Å².